The lowest BCUT2D eigenvalue weighted by Crippen LogP contribution is -1.78. The molecule has 5 saturated heterocycles. The molecule has 0 amide bonds. The number of ether oxygens (including phenoxy) is 5. The standard InChI is InChI=1S/2C6H8O2.C4H6O.C3H8/c2*1(5-3-7-5)2-6-4-8-6;1-2-4-3-5-4;1-3-2/h2*1-2,5-6H,3-4H2;2,4H,1,3H2;3H2,1-2H3/b2-1+;2-1-;;. The Balaban J connectivity index is 0.000000124. The Kier molecular flexibility index (Phi) is 8.70. The summed E-state index contributed by atoms with van der Waals surface area (Å²) < 4.78 is 24.5. The maximum Gasteiger partial charge on any atom is 0.0992 e. The molecule has 136 valence electrons. The van der Waals surface area contributed by atoms with E-state index in [4.69, 9.17) is 23.7 Å². The molecule has 5 atom stereocenters. The van der Waals surface area contributed by atoms with E-state index in [1.54, 1.807) is 6.08 Å². The molecule has 24 heavy (non-hydrogen) atoms. The van der Waals surface area contributed by atoms with Gasteiger partial charge < -0.3 is 23.7 Å². The Hall–Kier alpha value is -0.980. The molecule has 0 aromatic carbocycles. The van der Waals surface area contributed by atoms with Gasteiger partial charge in [0.05, 0.1) is 63.6 Å². The smallest absolute Gasteiger partial charge is 0.0992 e. The van der Waals surface area contributed by atoms with Crippen LogP contribution in [-0.4, -0.2) is 63.6 Å². The second kappa shape index (κ2) is 10.8. The van der Waals surface area contributed by atoms with Crippen molar-refractivity contribution in [3.05, 3.63) is 37.0 Å². The molecule has 0 aromatic rings. The predicted octanol–water partition coefficient (Wildman–Crippen LogP) is 2.67. The minimum atomic E-state index is 0.398. The Bertz CT molecular complexity index is 342. The molecule has 0 N–H and O–H groups in total. The van der Waals surface area contributed by atoms with Crippen LogP contribution < -0.4 is 0 Å². The van der Waals surface area contributed by atoms with Crippen LogP contribution >= 0.6 is 0 Å². The van der Waals surface area contributed by atoms with Crippen molar-refractivity contribution in [3.8, 4) is 0 Å². The fraction of sp³-hybridized carbons (Fsp3) is 0.684. The van der Waals surface area contributed by atoms with Crippen molar-refractivity contribution in [2.24, 2.45) is 0 Å². The molecule has 5 unspecified atom stereocenters. The van der Waals surface area contributed by atoms with Gasteiger partial charge in [-0.15, -0.1) is 6.58 Å². The van der Waals surface area contributed by atoms with Crippen molar-refractivity contribution >= 4 is 0 Å². The first kappa shape index (κ1) is 19.3. The fourth-order valence-corrected chi connectivity index (χ4v) is 1.35. The molecule has 5 fully saturated rings. The zero-order valence-corrected chi connectivity index (χ0v) is 14.8. The molecule has 0 saturated carbocycles. The zero-order chi connectivity index (χ0) is 17.2. The minimum Gasteiger partial charge on any atom is -0.369 e. The first-order valence-electron chi connectivity index (χ1n) is 8.82. The van der Waals surface area contributed by atoms with Crippen molar-refractivity contribution in [1.29, 1.82) is 0 Å². The van der Waals surface area contributed by atoms with Crippen LogP contribution in [0.25, 0.3) is 0 Å². The van der Waals surface area contributed by atoms with Gasteiger partial charge in [-0.25, -0.2) is 0 Å². The van der Waals surface area contributed by atoms with Gasteiger partial charge in [0, 0.05) is 0 Å². The molecule has 0 aliphatic carbocycles. The quantitative estimate of drug-likeness (QED) is 0.570. The molecule has 0 spiro atoms. The highest BCUT2D eigenvalue weighted by Crippen LogP contribution is 2.16. The third-order valence-electron chi connectivity index (χ3n) is 3.14. The van der Waals surface area contributed by atoms with E-state index < -0.39 is 0 Å². The molecule has 5 rings (SSSR count). The Morgan fingerprint density at radius 2 is 0.833 bits per heavy atom. The van der Waals surface area contributed by atoms with Gasteiger partial charge in [0.15, 0.2) is 0 Å². The second-order valence-corrected chi connectivity index (χ2v) is 6.07. The number of epoxide rings is 5. The lowest BCUT2D eigenvalue weighted by Gasteiger charge is -1.73. The molecular formula is C19H30O5. The predicted molar refractivity (Wildman–Crippen MR) is 93.1 cm³/mol. The summed E-state index contributed by atoms with van der Waals surface area (Å²) >= 11 is 0. The SMILES string of the molecule is C(=C/C1CO1)/C1CO1.C(=C\C1CO1)/C1CO1.C=CC1CO1.CCC. The summed E-state index contributed by atoms with van der Waals surface area (Å²) in [6, 6.07) is 0. The van der Waals surface area contributed by atoms with E-state index in [1.165, 1.54) is 6.42 Å². The average Bonchev–Trinajstić information content (AvgIpc) is 3.50. The van der Waals surface area contributed by atoms with Crippen molar-refractivity contribution in [2.45, 2.75) is 50.8 Å². The zero-order valence-electron chi connectivity index (χ0n) is 14.8. The molecule has 0 aromatic heterocycles. The summed E-state index contributed by atoms with van der Waals surface area (Å²) in [6.45, 7) is 12.3. The maximum absolute atomic E-state index is 4.94. The van der Waals surface area contributed by atoms with Crippen molar-refractivity contribution in [2.75, 3.05) is 33.0 Å². The van der Waals surface area contributed by atoms with E-state index in [2.05, 4.69) is 44.7 Å². The van der Waals surface area contributed by atoms with Crippen LogP contribution in [0.15, 0.2) is 37.0 Å². The highest BCUT2D eigenvalue weighted by Gasteiger charge is 2.23. The lowest BCUT2D eigenvalue weighted by atomic mass is 10.3. The number of rotatable bonds is 5. The van der Waals surface area contributed by atoms with Gasteiger partial charge >= 0.3 is 0 Å². The maximum atomic E-state index is 4.94. The summed E-state index contributed by atoms with van der Waals surface area (Å²) in [7, 11) is 0. The fourth-order valence-electron chi connectivity index (χ4n) is 1.35. The molecule has 5 nitrogen and oxygen atoms in total. The van der Waals surface area contributed by atoms with Gasteiger partial charge in [-0.2, -0.15) is 0 Å². The van der Waals surface area contributed by atoms with Crippen LogP contribution in [0.2, 0.25) is 0 Å². The summed E-state index contributed by atoms with van der Waals surface area (Å²) in [6.07, 6.45) is 13.4. The molecule has 5 aliphatic rings. The van der Waals surface area contributed by atoms with Gasteiger partial charge in [-0.05, 0) is 0 Å². The van der Waals surface area contributed by atoms with Gasteiger partial charge in [0.25, 0.3) is 0 Å². The minimum absolute atomic E-state index is 0.398. The van der Waals surface area contributed by atoms with Crippen molar-refractivity contribution < 1.29 is 23.7 Å². The average molecular weight is 338 g/mol. The van der Waals surface area contributed by atoms with E-state index in [9.17, 15) is 0 Å². The summed E-state index contributed by atoms with van der Waals surface area (Å²) in [5.74, 6) is 0. The van der Waals surface area contributed by atoms with Crippen LogP contribution in [0.3, 0.4) is 0 Å². The van der Waals surface area contributed by atoms with Crippen LogP contribution in [-0.2, 0) is 23.7 Å². The van der Waals surface area contributed by atoms with E-state index in [0.29, 0.717) is 30.5 Å². The molecule has 5 heterocycles. The van der Waals surface area contributed by atoms with E-state index in [0.717, 1.165) is 33.0 Å². The Morgan fingerprint density at radius 3 is 0.917 bits per heavy atom. The Labute approximate surface area is 145 Å². The topological polar surface area (TPSA) is 62.6 Å². The first-order chi connectivity index (χ1) is 11.7. The summed E-state index contributed by atoms with van der Waals surface area (Å²) in [5, 5.41) is 0. The number of hydrogen-bond donors (Lipinski definition) is 0. The third kappa shape index (κ3) is 12.4. The second-order valence-electron chi connectivity index (χ2n) is 6.07. The first-order valence-corrected chi connectivity index (χ1v) is 8.82. The van der Waals surface area contributed by atoms with E-state index in [1.807, 2.05) is 0 Å². The van der Waals surface area contributed by atoms with Gasteiger partial charge in [0.2, 0.25) is 0 Å². The molecule has 0 radical (unpaired) electrons. The van der Waals surface area contributed by atoms with Crippen LogP contribution in [0.5, 0.6) is 0 Å². The van der Waals surface area contributed by atoms with Crippen LogP contribution in [0.1, 0.15) is 20.3 Å². The van der Waals surface area contributed by atoms with Gasteiger partial charge in [0.1, 0.15) is 0 Å². The molecule has 5 aliphatic heterocycles. The van der Waals surface area contributed by atoms with Crippen molar-refractivity contribution in [3.63, 3.8) is 0 Å². The van der Waals surface area contributed by atoms with Crippen LogP contribution in [0, 0.1) is 0 Å². The third-order valence-corrected chi connectivity index (χ3v) is 3.14. The highest BCUT2D eigenvalue weighted by molar-refractivity contribution is 5.03. The molecular weight excluding hydrogens is 308 g/mol. The van der Waals surface area contributed by atoms with Gasteiger partial charge in [-0.3, -0.25) is 0 Å². The molecule has 5 heteroatoms. The lowest BCUT2D eigenvalue weighted by molar-refractivity contribution is 0.431. The van der Waals surface area contributed by atoms with Crippen LogP contribution in [0.4, 0.5) is 0 Å². The van der Waals surface area contributed by atoms with E-state index in [-0.39, 0.29) is 0 Å². The largest absolute Gasteiger partial charge is 0.369 e. The monoisotopic (exact) mass is 338 g/mol. The Morgan fingerprint density at radius 1 is 0.625 bits per heavy atom. The summed E-state index contributed by atoms with van der Waals surface area (Å²) in [4.78, 5) is 0. The van der Waals surface area contributed by atoms with E-state index >= 15 is 0 Å². The van der Waals surface area contributed by atoms with Crippen molar-refractivity contribution in [1.82, 2.24) is 0 Å². The summed E-state index contributed by atoms with van der Waals surface area (Å²) in [5.41, 5.74) is 0. The molecule has 0 bridgehead atoms. The number of hydrogen-bond acceptors (Lipinski definition) is 5. The highest BCUT2D eigenvalue weighted by atomic mass is 16.6. The normalized spacial score (nSPS) is 36.3. The van der Waals surface area contributed by atoms with Gasteiger partial charge in [-0.1, -0.05) is 50.6 Å².